The minimum absolute atomic E-state index is 0.00826. The van der Waals surface area contributed by atoms with Crippen LogP contribution in [0.5, 0.6) is 5.75 Å². The number of hydrogen-bond donors (Lipinski definition) is 1. The number of aromatic nitrogens is 1. The molecule has 1 fully saturated rings. The maximum absolute atomic E-state index is 14.0. The van der Waals surface area contributed by atoms with Gasteiger partial charge in [-0.3, -0.25) is 19.2 Å². The number of ether oxygens (including phenoxy) is 2. The lowest BCUT2D eigenvalue weighted by molar-refractivity contribution is -0.156. The molecule has 236 valence electrons. The average molecular weight is 620 g/mol. The van der Waals surface area contributed by atoms with Crippen LogP contribution in [0.3, 0.4) is 0 Å². The maximum atomic E-state index is 14.0. The highest BCUT2D eigenvalue weighted by Crippen LogP contribution is 2.27. The van der Waals surface area contributed by atoms with E-state index < -0.39 is 77.3 Å². The Hall–Kier alpha value is -4.42. The molecule has 1 saturated heterocycles. The number of likely N-dealkylation sites (tertiary alicyclic amines) is 1. The van der Waals surface area contributed by atoms with Crippen LogP contribution in [0.4, 0.5) is 17.6 Å². The van der Waals surface area contributed by atoms with Gasteiger partial charge in [-0.15, -0.1) is 0 Å². The zero-order valence-corrected chi connectivity index (χ0v) is 24.7. The molecule has 2 amide bonds. The summed E-state index contributed by atoms with van der Waals surface area (Å²) in [6.45, 7) is 4.20. The second-order valence-corrected chi connectivity index (χ2v) is 11.6. The lowest BCUT2D eigenvalue weighted by Crippen LogP contribution is -2.49. The van der Waals surface area contributed by atoms with E-state index in [-0.39, 0.29) is 37.9 Å². The first-order valence-electron chi connectivity index (χ1n) is 14.0. The van der Waals surface area contributed by atoms with Crippen molar-refractivity contribution >= 4 is 34.5 Å². The number of piperidine rings is 1. The smallest absolute Gasteiger partial charge is 0.308 e. The van der Waals surface area contributed by atoms with Crippen molar-refractivity contribution in [1.29, 1.82) is 0 Å². The Kier molecular flexibility index (Phi) is 9.65. The predicted octanol–water partition coefficient (Wildman–Crippen LogP) is 4.45. The summed E-state index contributed by atoms with van der Waals surface area (Å²) in [6.07, 6.45) is -0.0965. The molecule has 2 aromatic carbocycles. The van der Waals surface area contributed by atoms with Crippen molar-refractivity contribution in [2.24, 2.45) is 13.0 Å². The average Bonchev–Trinajstić information content (AvgIpc) is 3.30. The molecule has 3 aromatic rings. The van der Waals surface area contributed by atoms with E-state index in [1.54, 1.807) is 43.4 Å². The van der Waals surface area contributed by atoms with Gasteiger partial charge in [0.15, 0.2) is 23.2 Å². The molecule has 0 radical (unpaired) electrons. The summed E-state index contributed by atoms with van der Waals surface area (Å²) in [7, 11) is 1.80. The van der Waals surface area contributed by atoms with Crippen LogP contribution in [0.15, 0.2) is 36.4 Å². The number of ketones is 1. The van der Waals surface area contributed by atoms with E-state index in [1.807, 2.05) is 24.3 Å². The molecule has 0 unspecified atom stereocenters. The van der Waals surface area contributed by atoms with Crippen molar-refractivity contribution in [2.75, 3.05) is 19.7 Å². The first-order valence-corrected chi connectivity index (χ1v) is 14.0. The number of halogens is 4. The van der Waals surface area contributed by atoms with Crippen LogP contribution in [-0.2, 0) is 26.2 Å². The number of para-hydroxylation sites is 1. The zero-order chi connectivity index (χ0) is 32.3. The molecule has 1 atom stereocenters. The summed E-state index contributed by atoms with van der Waals surface area (Å²) in [5.41, 5.74) is 0.492. The minimum atomic E-state index is -1.84. The van der Waals surface area contributed by atoms with Crippen LogP contribution < -0.4 is 10.1 Å². The van der Waals surface area contributed by atoms with Crippen molar-refractivity contribution in [1.82, 2.24) is 14.8 Å². The molecule has 1 aliphatic rings. The third kappa shape index (κ3) is 7.37. The standard InChI is InChI=1S/C31H33F4N3O6/c1-31(2,3)44-25(40)15-21(24(39)16-43-28-26(34)19(32)14-20(33)27(28)35)36-29(41)17-9-11-38(12-10-17)30(42)23-13-18-7-5-6-8-22(18)37(23)4/h5-8,13-14,17,21H,9-12,15-16H2,1-4H3,(H,36,41)/t21-/m0/s1. The number of fused-ring (bicyclic) bond motifs is 1. The molecule has 13 heteroatoms. The lowest BCUT2D eigenvalue weighted by Gasteiger charge is -2.32. The molecule has 1 aromatic heterocycles. The van der Waals surface area contributed by atoms with E-state index in [0.717, 1.165) is 10.9 Å². The first-order chi connectivity index (χ1) is 20.7. The van der Waals surface area contributed by atoms with Gasteiger partial charge in [0.2, 0.25) is 17.5 Å². The van der Waals surface area contributed by atoms with E-state index in [9.17, 15) is 36.7 Å². The van der Waals surface area contributed by atoms with Gasteiger partial charge in [0.1, 0.15) is 23.9 Å². The Labute approximate surface area is 251 Å². The summed E-state index contributed by atoms with van der Waals surface area (Å²) in [5, 5.41) is 3.40. The van der Waals surface area contributed by atoms with Crippen LogP contribution in [-0.4, -0.2) is 64.4 Å². The monoisotopic (exact) mass is 619 g/mol. The Morgan fingerprint density at radius 3 is 2.18 bits per heavy atom. The summed E-state index contributed by atoms with van der Waals surface area (Å²) < 4.78 is 67.0. The number of nitrogens with zero attached hydrogens (tertiary/aromatic N) is 2. The molecule has 2 heterocycles. The number of hydrogen-bond acceptors (Lipinski definition) is 6. The molecular weight excluding hydrogens is 586 g/mol. The molecule has 9 nitrogen and oxygen atoms in total. The highest BCUT2D eigenvalue weighted by molar-refractivity contribution is 5.99. The molecule has 4 rings (SSSR count). The topological polar surface area (TPSA) is 107 Å². The summed E-state index contributed by atoms with van der Waals surface area (Å²) in [5.74, 6) is -11.8. The van der Waals surface area contributed by atoms with E-state index in [0.29, 0.717) is 5.69 Å². The number of esters is 1. The zero-order valence-electron chi connectivity index (χ0n) is 24.7. The Balaban J connectivity index is 1.42. The van der Waals surface area contributed by atoms with E-state index >= 15 is 0 Å². The van der Waals surface area contributed by atoms with Crippen molar-refractivity contribution in [2.45, 2.75) is 51.7 Å². The maximum Gasteiger partial charge on any atom is 0.308 e. The number of nitrogens with one attached hydrogen (secondary N) is 1. The number of carbonyl (C=O) groups is 4. The van der Waals surface area contributed by atoms with Gasteiger partial charge in [0.05, 0.1) is 6.42 Å². The SMILES string of the molecule is Cn1c(C(=O)N2CCC(C(=O)N[C@@H](CC(=O)OC(C)(C)C)C(=O)COc3c(F)c(F)cc(F)c3F)CC2)cc2ccccc21. The number of amides is 2. The molecule has 0 spiro atoms. The molecule has 1 N–H and O–H groups in total. The predicted molar refractivity (Wildman–Crippen MR) is 151 cm³/mol. The van der Waals surface area contributed by atoms with Crippen LogP contribution in [0, 0.1) is 29.2 Å². The number of carbonyl (C=O) groups excluding carboxylic acids is 4. The van der Waals surface area contributed by atoms with Gasteiger partial charge in [-0.1, -0.05) is 18.2 Å². The fourth-order valence-electron chi connectivity index (χ4n) is 5.01. The van der Waals surface area contributed by atoms with E-state index in [1.165, 1.54) is 0 Å². The van der Waals surface area contributed by atoms with Crippen molar-refractivity contribution in [3.63, 3.8) is 0 Å². The van der Waals surface area contributed by atoms with Gasteiger partial charge < -0.3 is 24.3 Å². The third-order valence-corrected chi connectivity index (χ3v) is 7.25. The van der Waals surface area contributed by atoms with Crippen LogP contribution >= 0.6 is 0 Å². The molecule has 0 aliphatic carbocycles. The van der Waals surface area contributed by atoms with Crippen LogP contribution in [0.2, 0.25) is 0 Å². The highest BCUT2D eigenvalue weighted by Gasteiger charge is 2.33. The summed E-state index contributed by atoms with van der Waals surface area (Å²) in [4.78, 5) is 53.6. The molecule has 0 saturated carbocycles. The van der Waals surface area contributed by atoms with Crippen molar-refractivity contribution < 1.29 is 46.2 Å². The Morgan fingerprint density at radius 2 is 1.59 bits per heavy atom. The normalized spacial score (nSPS) is 14.8. The van der Waals surface area contributed by atoms with Crippen molar-refractivity contribution in [3.8, 4) is 5.75 Å². The number of aryl methyl sites for hydroxylation is 1. The van der Waals surface area contributed by atoms with Gasteiger partial charge in [0.25, 0.3) is 5.91 Å². The third-order valence-electron chi connectivity index (χ3n) is 7.25. The van der Waals surface area contributed by atoms with Crippen LogP contribution in [0.1, 0.15) is 50.5 Å². The number of Topliss-reactive ketones (excluding diaryl/α,β-unsaturated/α-hetero) is 1. The highest BCUT2D eigenvalue weighted by atomic mass is 19.2. The summed E-state index contributed by atoms with van der Waals surface area (Å²) >= 11 is 0. The molecule has 1 aliphatic heterocycles. The fourth-order valence-corrected chi connectivity index (χ4v) is 5.01. The van der Waals surface area contributed by atoms with E-state index in [2.05, 4.69) is 5.32 Å². The molecule has 0 bridgehead atoms. The van der Waals surface area contributed by atoms with Gasteiger partial charge in [-0.2, -0.15) is 8.78 Å². The quantitative estimate of drug-likeness (QED) is 0.216. The van der Waals surface area contributed by atoms with Gasteiger partial charge >= 0.3 is 5.97 Å². The van der Waals surface area contributed by atoms with Crippen LogP contribution in [0.25, 0.3) is 10.9 Å². The lowest BCUT2D eigenvalue weighted by atomic mass is 9.94. The summed E-state index contributed by atoms with van der Waals surface area (Å²) in [6, 6.07) is 7.85. The second kappa shape index (κ2) is 13.1. The Bertz CT molecular complexity index is 1560. The molecular formula is C31H33F4N3O6. The Morgan fingerprint density at radius 1 is 0.977 bits per heavy atom. The largest absolute Gasteiger partial charge is 0.479 e. The first kappa shape index (κ1) is 32.5. The van der Waals surface area contributed by atoms with Gasteiger partial charge in [-0.25, -0.2) is 8.78 Å². The van der Waals surface area contributed by atoms with Crippen molar-refractivity contribution in [3.05, 3.63) is 65.4 Å². The van der Waals surface area contributed by atoms with Gasteiger partial charge in [-0.05, 0) is 45.7 Å². The van der Waals surface area contributed by atoms with E-state index in [4.69, 9.17) is 9.47 Å². The second-order valence-electron chi connectivity index (χ2n) is 11.6. The minimum Gasteiger partial charge on any atom is -0.479 e. The van der Waals surface area contributed by atoms with Gasteiger partial charge in [0, 0.05) is 43.0 Å². The number of benzene rings is 2. The molecule has 44 heavy (non-hydrogen) atoms. The fraction of sp³-hybridized carbons (Fsp3) is 0.419. The number of rotatable bonds is 9.